The third-order valence-electron chi connectivity index (χ3n) is 4.43. The van der Waals surface area contributed by atoms with Gasteiger partial charge in [-0.3, -0.25) is 0 Å². The lowest BCUT2D eigenvalue weighted by Gasteiger charge is -2.22. The van der Waals surface area contributed by atoms with Crippen LogP contribution >= 0.6 is 0 Å². The van der Waals surface area contributed by atoms with E-state index in [9.17, 15) is 5.26 Å². The fourth-order valence-corrected chi connectivity index (χ4v) is 3.19. The topological polar surface area (TPSA) is 61.6 Å². The number of aromatic nitrogens is 2. The fourth-order valence-electron chi connectivity index (χ4n) is 3.19. The van der Waals surface area contributed by atoms with Crippen LogP contribution in [-0.2, 0) is 12.8 Å². The molecule has 0 aliphatic heterocycles. The van der Waals surface area contributed by atoms with Crippen LogP contribution in [-0.4, -0.2) is 16.2 Å². The highest BCUT2D eigenvalue weighted by Crippen LogP contribution is 2.30. The first kappa shape index (κ1) is 14.8. The van der Waals surface area contributed by atoms with Gasteiger partial charge in [0.15, 0.2) is 5.82 Å². The van der Waals surface area contributed by atoms with E-state index in [0.717, 1.165) is 24.1 Å². The summed E-state index contributed by atoms with van der Waals surface area (Å²) in [6.07, 6.45) is 6.84. The first-order chi connectivity index (χ1) is 9.71. The number of aryl methyl sites for hydroxylation is 1. The molecule has 0 radical (unpaired) electrons. The van der Waals surface area contributed by atoms with Crippen molar-refractivity contribution in [3.8, 4) is 6.07 Å². The van der Waals surface area contributed by atoms with Crippen LogP contribution in [0.1, 0.15) is 63.3 Å². The largest absolute Gasteiger partial charge is 0.365 e. The summed E-state index contributed by atoms with van der Waals surface area (Å²) < 4.78 is 0. The third kappa shape index (κ3) is 2.92. The van der Waals surface area contributed by atoms with Gasteiger partial charge in [-0.25, -0.2) is 0 Å². The Hall–Kier alpha value is -1.63. The van der Waals surface area contributed by atoms with E-state index in [0.29, 0.717) is 23.3 Å². The Kier molecular flexibility index (Phi) is 4.94. The minimum absolute atomic E-state index is 0.357. The van der Waals surface area contributed by atoms with E-state index in [1.54, 1.807) is 0 Å². The maximum Gasteiger partial charge on any atom is 0.167 e. The number of nitrogens with one attached hydrogen (secondary N) is 1. The first-order valence-electron chi connectivity index (χ1n) is 7.76. The predicted molar refractivity (Wildman–Crippen MR) is 80.5 cm³/mol. The molecule has 1 saturated carbocycles. The summed E-state index contributed by atoms with van der Waals surface area (Å²) in [5.41, 5.74) is 2.68. The second kappa shape index (κ2) is 6.69. The van der Waals surface area contributed by atoms with Crippen molar-refractivity contribution >= 4 is 5.82 Å². The summed E-state index contributed by atoms with van der Waals surface area (Å²) in [6.45, 7) is 6.32. The number of anilines is 1. The molecular weight excluding hydrogens is 248 g/mol. The van der Waals surface area contributed by atoms with Gasteiger partial charge in [0.05, 0.1) is 5.69 Å². The molecule has 1 fully saturated rings. The molecule has 0 amide bonds. The molecule has 1 atom stereocenters. The quantitative estimate of drug-likeness (QED) is 0.891. The number of hydrogen-bond donors (Lipinski definition) is 1. The van der Waals surface area contributed by atoms with Crippen LogP contribution in [0.15, 0.2) is 0 Å². The lowest BCUT2D eigenvalue weighted by Crippen LogP contribution is -2.25. The molecule has 0 saturated heterocycles. The zero-order chi connectivity index (χ0) is 14.5. The van der Waals surface area contributed by atoms with Gasteiger partial charge >= 0.3 is 0 Å². The number of hydrogen-bond acceptors (Lipinski definition) is 4. The standard InChI is InChI=1S/C16H24N4/c1-4-13-14(10-17)16(20-19-15(13)5-2)18-11(3)12-8-6-7-9-12/h11-12H,4-9H2,1-3H3,(H,18,20). The van der Waals surface area contributed by atoms with Crippen LogP contribution in [0.3, 0.4) is 0 Å². The maximum atomic E-state index is 9.47. The van der Waals surface area contributed by atoms with Crippen molar-refractivity contribution in [3.63, 3.8) is 0 Å². The molecule has 1 unspecified atom stereocenters. The van der Waals surface area contributed by atoms with Crippen molar-refractivity contribution < 1.29 is 0 Å². The molecule has 1 aliphatic carbocycles. The fraction of sp³-hybridized carbons (Fsp3) is 0.688. The summed E-state index contributed by atoms with van der Waals surface area (Å²) in [4.78, 5) is 0. The van der Waals surface area contributed by atoms with Gasteiger partial charge in [0.25, 0.3) is 0 Å². The Bertz CT molecular complexity index is 498. The van der Waals surface area contributed by atoms with Crippen LogP contribution in [0, 0.1) is 17.2 Å². The second-order valence-corrected chi connectivity index (χ2v) is 5.65. The van der Waals surface area contributed by atoms with Crippen LogP contribution < -0.4 is 5.32 Å². The average Bonchev–Trinajstić information content (AvgIpc) is 3.00. The summed E-state index contributed by atoms with van der Waals surface area (Å²) in [5.74, 6) is 1.36. The van der Waals surface area contributed by atoms with Gasteiger partial charge in [-0.1, -0.05) is 26.7 Å². The van der Waals surface area contributed by atoms with E-state index in [1.807, 2.05) is 0 Å². The molecular formula is C16H24N4. The molecule has 1 N–H and O–H groups in total. The van der Waals surface area contributed by atoms with Crippen molar-refractivity contribution in [1.29, 1.82) is 5.26 Å². The second-order valence-electron chi connectivity index (χ2n) is 5.65. The summed E-state index contributed by atoms with van der Waals surface area (Å²) in [7, 11) is 0. The van der Waals surface area contributed by atoms with Gasteiger partial charge in [0.1, 0.15) is 11.6 Å². The van der Waals surface area contributed by atoms with E-state index in [1.165, 1.54) is 25.7 Å². The summed E-state index contributed by atoms with van der Waals surface area (Å²) >= 11 is 0. The smallest absolute Gasteiger partial charge is 0.167 e. The molecule has 2 rings (SSSR count). The minimum Gasteiger partial charge on any atom is -0.365 e. The Morgan fingerprint density at radius 1 is 1.25 bits per heavy atom. The molecule has 1 aromatic rings. The molecule has 1 heterocycles. The average molecular weight is 272 g/mol. The SMILES string of the molecule is CCc1nnc(NC(C)C2CCCC2)c(C#N)c1CC. The molecule has 0 bridgehead atoms. The van der Waals surface area contributed by atoms with Gasteiger partial charge in [-0.2, -0.15) is 10.4 Å². The van der Waals surface area contributed by atoms with Crippen molar-refractivity contribution in [1.82, 2.24) is 10.2 Å². The molecule has 20 heavy (non-hydrogen) atoms. The van der Waals surface area contributed by atoms with Gasteiger partial charge in [-0.15, -0.1) is 5.10 Å². The molecule has 1 aliphatic rings. The molecule has 4 nitrogen and oxygen atoms in total. The number of nitrogens with zero attached hydrogens (tertiary/aromatic N) is 3. The number of nitriles is 1. The number of rotatable bonds is 5. The third-order valence-corrected chi connectivity index (χ3v) is 4.43. The van der Waals surface area contributed by atoms with Gasteiger partial charge in [-0.05, 0) is 44.1 Å². The lowest BCUT2D eigenvalue weighted by molar-refractivity contribution is 0.480. The zero-order valence-electron chi connectivity index (χ0n) is 12.7. The van der Waals surface area contributed by atoms with E-state index < -0.39 is 0 Å². The van der Waals surface area contributed by atoms with Gasteiger partial charge in [0, 0.05) is 6.04 Å². The van der Waals surface area contributed by atoms with E-state index >= 15 is 0 Å². The lowest BCUT2D eigenvalue weighted by atomic mass is 9.99. The van der Waals surface area contributed by atoms with Gasteiger partial charge < -0.3 is 5.32 Å². The van der Waals surface area contributed by atoms with Crippen LogP contribution in [0.25, 0.3) is 0 Å². The molecule has 108 valence electrons. The normalized spacial score (nSPS) is 16.9. The highest BCUT2D eigenvalue weighted by molar-refractivity contribution is 5.56. The molecule has 0 spiro atoms. The van der Waals surface area contributed by atoms with Crippen molar-refractivity contribution in [2.75, 3.05) is 5.32 Å². The van der Waals surface area contributed by atoms with Crippen molar-refractivity contribution in [2.24, 2.45) is 5.92 Å². The molecule has 4 heteroatoms. The molecule has 0 aromatic carbocycles. The molecule has 1 aromatic heterocycles. The Labute approximate surface area is 121 Å². The summed E-state index contributed by atoms with van der Waals surface area (Å²) in [6, 6.07) is 2.68. The predicted octanol–water partition coefficient (Wildman–Crippen LogP) is 3.46. The van der Waals surface area contributed by atoms with Gasteiger partial charge in [0.2, 0.25) is 0 Å². The zero-order valence-corrected chi connectivity index (χ0v) is 12.7. The van der Waals surface area contributed by atoms with Crippen LogP contribution in [0.2, 0.25) is 0 Å². The Morgan fingerprint density at radius 3 is 2.50 bits per heavy atom. The van der Waals surface area contributed by atoms with Crippen LogP contribution in [0.4, 0.5) is 5.82 Å². The Morgan fingerprint density at radius 2 is 1.95 bits per heavy atom. The summed E-state index contributed by atoms with van der Waals surface area (Å²) in [5, 5.41) is 21.5. The van der Waals surface area contributed by atoms with E-state index in [2.05, 4.69) is 42.4 Å². The highest BCUT2D eigenvalue weighted by Gasteiger charge is 2.23. The first-order valence-corrected chi connectivity index (χ1v) is 7.76. The van der Waals surface area contributed by atoms with Crippen LogP contribution in [0.5, 0.6) is 0 Å². The van der Waals surface area contributed by atoms with E-state index in [-0.39, 0.29) is 0 Å². The maximum absolute atomic E-state index is 9.47. The monoisotopic (exact) mass is 272 g/mol. The minimum atomic E-state index is 0.357. The Balaban J connectivity index is 2.25. The van der Waals surface area contributed by atoms with Crippen molar-refractivity contribution in [2.45, 2.75) is 65.3 Å². The van der Waals surface area contributed by atoms with Crippen molar-refractivity contribution in [3.05, 3.63) is 16.8 Å². The van der Waals surface area contributed by atoms with E-state index in [4.69, 9.17) is 0 Å². The highest BCUT2D eigenvalue weighted by atomic mass is 15.2.